The number of thioether (sulfide) groups is 1. The van der Waals surface area contributed by atoms with E-state index < -0.39 is 0 Å². The highest BCUT2D eigenvalue weighted by Crippen LogP contribution is 2.36. The predicted molar refractivity (Wildman–Crippen MR) is 115 cm³/mol. The van der Waals surface area contributed by atoms with Crippen LogP contribution in [0.25, 0.3) is 17.2 Å². The summed E-state index contributed by atoms with van der Waals surface area (Å²) in [5, 5.41) is 1.96. The largest absolute Gasteiger partial charge is 0.326 e. The normalized spacial score (nSPS) is 15.6. The Kier molecular flexibility index (Phi) is 6.01. The molecule has 1 fully saturated rings. The van der Waals surface area contributed by atoms with Gasteiger partial charge in [-0.05, 0) is 60.7 Å². The molecule has 0 atom stereocenters. The third-order valence-corrected chi connectivity index (χ3v) is 5.49. The van der Waals surface area contributed by atoms with E-state index in [2.05, 4.69) is 43.4 Å². The van der Waals surface area contributed by atoms with Gasteiger partial charge in [-0.25, -0.2) is 0 Å². The first-order chi connectivity index (χ1) is 13.3. The summed E-state index contributed by atoms with van der Waals surface area (Å²) >= 11 is 0.914. The van der Waals surface area contributed by atoms with Gasteiger partial charge in [0.1, 0.15) is 0 Å². The van der Waals surface area contributed by atoms with Gasteiger partial charge in [0.15, 0.2) is 0 Å². The molecule has 0 aliphatic carbocycles. The highest BCUT2D eigenvalue weighted by atomic mass is 32.2. The number of nitrogens with zero attached hydrogens (tertiary/aromatic N) is 1. The Morgan fingerprint density at radius 2 is 1.86 bits per heavy atom. The van der Waals surface area contributed by atoms with Crippen molar-refractivity contribution < 1.29 is 9.59 Å². The first-order valence-electron chi connectivity index (χ1n) is 9.34. The van der Waals surface area contributed by atoms with E-state index in [1.165, 1.54) is 5.56 Å². The molecular weight excluding hydrogens is 370 g/mol. The Labute approximate surface area is 169 Å². The minimum absolute atomic E-state index is 0.353. The quantitative estimate of drug-likeness (QED) is 0.735. The lowest BCUT2D eigenvalue weighted by atomic mass is 9.89. The Bertz CT molecular complexity index is 963. The van der Waals surface area contributed by atoms with E-state index in [4.69, 9.17) is 10.7 Å². The number of pyridine rings is 1. The number of aryl methyl sites for hydroxylation is 2. The predicted octanol–water partition coefficient (Wildman–Crippen LogP) is 4.35. The van der Waals surface area contributed by atoms with Gasteiger partial charge in [0.05, 0.1) is 4.91 Å². The summed E-state index contributed by atoms with van der Waals surface area (Å²) in [6.45, 7) is 8.65. The molecule has 1 aromatic carbocycles. The van der Waals surface area contributed by atoms with Crippen molar-refractivity contribution >= 4 is 29.0 Å². The van der Waals surface area contributed by atoms with Crippen LogP contribution in [0.5, 0.6) is 0 Å². The Morgan fingerprint density at radius 1 is 1.18 bits per heavy atom. The topological polar surface area (TPSA) is 85.1 Å². The standard InChI is InChI=1S/C22H25N3O2S/c1-12(2)9-18-17(11-23)20(15-7-5-13(3)6-8-15)16(14(4)24-18)10-19-21(26)25-22(27)28-19/h5-8,10,12H,9,11,23H2,1-4H3,(H,25,26,27). The van der Waals surface area contributed by atoms with Crippen LogP contribution in [0.15, 0.2) is 29.2 Å². The summed E-state index contributed by atoms with van der Waals surface area (Å²) in [6, 6.07) is 8.25. The van der Waals surface area contributed by atoms with Crippen molar-refractivity contribution in [1.29, 1.82) is 0 Å². The summed E-state index contributed by atoms with van der Waals surface area (Å²) < 4.78 is 0. The molecule has 146 valence electrons. The highest BCUT2D eigenvalue weighted by molar-refractivity contribution is 8.18. The number of aromatic nitrogens is 1. The number of nitrogens with two attached hydrogens (primary N) is 1. The van der Waals surface area contributed by atoms with Gasteiger partial charge in [0.25, 0.3) is 11.1 Å². The van der Waals surface area contributed by atoms with Crippen LogP contribution < -0.4 is 11.1 Å². The lowest BCUT2D eigenvalue weighted by Crippen LogP contribution is -2.18. The maximum Gasteiger partial charge on any atom is 0.290 e. The molecule has 0 bridgehead atoms. The molecule has 1 aromatic heterocycles. The molecule has 0 unspecified atom stereocenters. The third-order valence-electron chi connectivity index (χ3n) is 4.68. The molecular formula is C22H25N3O2S. The molecule has 1 aliphatic heterocycles. The fraction of sp³-hybridized carbons (Fsp3) is 0.318. The van der Waals surface area contributed by atoms with E-state index in [0.717, 1.165) is 51.8 Å². The third kappa shape index (κ3) is 4.18. The van der Waals surface area contributed by atoms with Gasteiger partial charge >= 0.3 is 0 Å². The van der Waals surface area contributed by atoms with E-state index in [1.807, 2.05) is 13.8 Å². The Morgan fingerprint density at radius 3 is 2.39 bits per heavy atom. The zero-order valence-electron chi connectivity index (χ0n) is 16.6. The number of amides is 2. The van der Waals surface area contributed by atoms with Gasteiger partial charge in [-0.15, -0.1) is 0 Å². The molecule has 2 heterocycles. The van der Waals surface area contributed by atoms with Gasteiger partial charge in [0.2, 0.25) is 0 Å². The van der Waals surface area contributed by atoms with Crippen LogP contribution in [0.4, 0.5) is 4.79 Å². The number of hydrogen-bond acceptors (Lipinski definition) is 5. The number of carbonyl (C=O) groups excluding carboxylic acids is 2. The van der Waals surface area contributed by atoms with E-state index in [1.54, 1.807) is 6.08 Å². The van der Waals surface area contributed by atoms with Crippen molar-refractivity contribution in [2.24, 2.45) is 11.7 Å². The van der Waals surface area contributed by atoms with Crippen LogP contribution in [-0.4, -0.2) is 16.1 Å². The van der Waals surface area contributed by atoms with E-state index >= 15 is 0 Å². The molecule has 0 spiro atoms. The van der Waals surface area contributed by atoms with Crippen molar-refractivity contribution in [2.75, 3.05) is 0 Å². The van der Waals surface area contributed by atoms with Crippen molar-refractivity contribution in [2.45, 2.75) is 40.7 Å². The molecule has 3 N–H and O–H groups in total. The van der Waals surface area contributed by atoms with Gasteiger partial charge in [-0.1, -0.05) is 43.7 Å². The second-order valence-corrected chi connectivity index (χ2v) is 8.45. The van der Waals surface area contributed by atoms with Crippen LogP contribution in [0, 0.1) is 19.8 Å². The lowest BCUT2D eigenvalue weighted by molar-refractivity contribution is -0.115. The number of carbonyl (C=O) groups is 2. The van der Waals surface area contributed by atoms with E-state index in [0.29, 0.717) is 17.4 Å². The van der Waals surface area contributed by atoms with E-state index in [9.17, 15) is 9.59 Å². The number of rotatable bonds is 5. The van der Waals surface area contributed by atoms with Crippen LogP contribution in [0.1, 0.15) is 41.9 Å². The highest BCUT2D eigenvalue weighted by Gasteiger charge is 2.27. The Balaban J connectivity index is 2.28. The molecule has 2 amide bonds. The van der Waals surface area contributed by atoms with Crippen molar-refractivity contribution in [1.82, 2.24) is 10.3 Å². The van der Waals surface area contributed by atoms with Gasteiger partial charge in [0, 0.05) is 23.5 Å². The minimum Gasteiger partial charge on any atom is -0.326 e. The first-order valence-corrected chi connectivity index (χ1v) is 10.2. The molecule has 28 heavy (non-hydrogen) atoms. The molecule has 0 saturated carbocycles. The molecule has 0 radical (unpaired) electrons. The van der Waals surface area contributed by atoms with Crippen LogP contribution in [0.3, 0.4) is 0 Å². The molecule has 5 nitrogen and oxygen atoms in total. The molecule has 1 saturated heterocycles. The fourth-order valence-electron chi connectivity index (χ4n) is 3.37. The zero-order valence-corrected chi connectivity index (χ0v) is 17.4. The summed E-state index contributed by atoms with van der Waals surface area (Å²) in [5.74, 6) is 0.0749. The minimum atomic E-state index is -0.371. The van der Waals surface area contributed by atoms with E-state index in [-0.39, 0.29) is 11.1 Å². The number of hydrogen-bond donors (Lipinski definition) is 2. The summed E-state index contributed by atoms with van der Waals surface area (Å²) in [7, 11) is 0. The summed E-state index contributed by atoms with van der Waals surface area (Å²) in [4.78, 5) is 28.9. The summed E-state index contributed by atoms with van der Waals surface area (Å²) in [6.07, 6.45) is 2.59. The fourth-order valence-corrected chi connectivity index (χ4v) is 4.04. The average Bonchev–Trinajstić information content (AvgIpc) is 2.94. The van der Waals surface area contributed by atoms with Crippen LogP contribution >= 0.6 is 11.8 Å². The maximum atomic E-state index is 12.1. The van der Waals surface area contributed by atoms with Crippen LogP contribution in [0.2, 0.25) is 0 Å². The van der Waals surface area contributed by atoms with Crippen molar-refractivity contribution in [3.63, 3.8) is 0 Å². The van der Waals surface area contributed by atoms with Crippen molar-refractivity contribution in [3.8, 4) is 11.1 Å². The molecule has 1 aliphatic rings. The molecule has 2 aromatic rings. The van der Waals surface area contributed by atoms with Gasteiger partial charge in [-0.3, -0.25) is 19.9 Å². The SMILES string of the molecule is Cc1ccc(-c2c(C=C3SC(=O)NC3=O)c(C)nc(CC(C)C)c2CN)cc1. The van der Waals surface area contributed by atoms with Crippen molar-refractivity contribution in [3.05, 3.63) is 57.2 Å². The first kappa shape index (κ1) is 20.3. The Hall–Kier alpha value is -2.44. The monoisotopic (exact) mass is 395 g/mol. The second-order valence-electron chi connectivity index (χ2n) is 7.43. The number of benzene rings is 1. The lowest BCUT2D eigenvalue weighted by Gasteiger charge is -2.20. The maximum absolute atomic E-state index is 12.1. The smallest absolute Gasteiger partial charge is 0.290 e. The second kappa shape index (κ2) is 8.29. The summed E-state index contributed by atoms with van der Waals surface area (Å²) in [5.41, 5.74) is 13.0. The number of imide groups is 1. The molecule has 3 rings (SSSR count). The zero-order chi connectivity index (χ0) is 20.4. The molecule has 6 heteroatoms. The van der Waals surface area contributed by atoms with Gasteiger partial charge in [-0.2, -0.15) is 0 Å². The van der Waals surface area contributed by atoms with Crippen LogP contribution in [-0.2, 0) is 17.8 Å². The average molecular weight is 396 g/mol. The number of nitrogens with one attached hydrogen (secondary N) is 1. The van der Waals surface area contributed by atoms with Gasteiger partial charge < -0.3 is 5.73 Å².